The van der Waals surface area contributed by atoms with E-state index in [0.29, 0.717) is 11.7 Å². The number of phenolic OH excluding ortho intramolecular Hbond substituents is 1. The quantitative estimate of drug-likeness (QED) is 0.822. The Balaban J connectivity index is 2.50. The molecule has 2 rings (SSSR count). The van der Waals surface area contributed by atoms with Crippen molar-refractivity contribution in [1.29, 1.82) is 0 Å². The molecule has 1 unspecified atom stereocenters. The standard InChI is InChI=1S/C12H16BrNO/c1-7-5-10(15)12(13)8(2)11(7)9-3-4-14-6-9/h5,9,14-15H,3-4,6H2,1-2H3. The zero-order chi connectivity index (χ0) is 11.0. The van der Waals surface area contributed by atoms with Gasteiger partial charge in [0.2, 0.25) is 0 Å². The van der Waals surface area contributed by atoms with E-state index in [0.717, 1.165) is 17.6 Å². The largest absolute Gasteiger partial charge is 0.507 e. The lowest BCUT2D eigenvalue weighted by Crippen LogP contribution is -2.10. The molecule has 1 aliphatic rings. The van der Waals surface area contributed by atoms with Crippen molar-refractivity contribution in [2.24, 2.45) is 0 Å². The molecule has 15 heavy (non-hydrogen) atoms. The topological polar surface area (TPSA) is 32.3 Å². The monoisotopic (exact) mass is 269 g/mol. The Hall–Kier alpha value is -0.540. The molecular weight excluding hydrogens is 254 g/mol. The van der Waals surface area contributed by atoms with Gasteiger partial charge in [-0.05, 0) is 71.4 Å². The molecule has 0 radical (unpaired) electrons. The molecule has 1 atom stereocenters. The summed E-state index contributed by atoms with van der Waals surface area (Å²) in [5.74, 6) is 0.946. The van der Waals surface area contributed by atoms with Crippen LogP contribution in [0.4, 0.5) is 0 Å². The number of benzene rings is 1. The van der Waals surface area contributed by atoms with Crippen molar-refractivity contribution in [2.75, 3.05) is 13.1 Å². The van der Waals surface area contributed by atoms with E-state index in [2.05, 4.69) is 35.1 Å². The highest BCUT2D eigenvalue weighted by Gasteiger charge is 2.22. The highest BCUT2D eigenvalue weighted by molar-refractivity contribution is 9.10. The lowest BCUT2D eigenvalue weighted by Gasteiger charge is -2.18. The van der Waals surface area contributed by atoms with Crippen LogP contribution >= 0.6 is 15.9 Å². The highest BCUT2D eigenvalue weighted by atomic mass is 79.9. The van der Waals surface area contributed by atoms with Crippen LogP contribution in [-0.2, 0) is 0 Å². The summed E-state index contributed by atoms with van der Waals surface area (Å²) in [6, 6.07) is 1.85. The average molecular weight is 270 g/mol. The predicted octanol–water partition coefficient (Wildman–Crippen LogP) is 2.85. The second-order valence-electron chi connectivity index (χ2n) is 4.25. The van der Waals surface area contributed by atoms with E-state index in [1.807, 2.05) is 6.07 Å². The molecule has 1 heterocycles. The normalized spacial score (nSPS) is 20.9. The fraction of sp³-hybridized carbons (Fsp3) is 0.500. The predicted molar refractivity (Wildman–Crippen MR) is 65.5 cm³/mol. The fourth-order valence-electron chi connectivity index (χ4n) is 2.48. The zero-order valence-electron chi connectivity index (χ0n) is 9.10. The summed E-state index contributed by atoms with van der Waals surface area (Å²) >= 11 is 3.44. The smallest absolute Gasteiger partial charge is 0.130 e. The number of aromatic hydroxyl groups is 1. The van der Waals surface area contributed by atoms with Crippen molar-refractivity contribution in [1.82, 2.24) is 5.32 Å². The van der Waals surface area contributed by atoms with Gasteiger partial charge in [0, 0.05) is 6.54 Å². The van der Waals surface area contributed by atoms with Gasteiger partial charge in [-0.1, -0.05) is 0 Å². The Bertz CT molecular complexity index is 384. The van der Waals surface area contributed by atoms with Gasteiger partial charge in [-0.25, -0.2) is 0 Å². The summed E-state index contributed by atoms with van der Waals surface area (Å²) in [5, 5.41) is 13.1. The van der Waals surface area contributed by atoms with Gasteiger partial charge in [0.15, 0.2) is 0 Å². The number of hydrogen-bond donors (Lipinski definition) is 2. The molecular formula is C12H16BrNO. The van der Waals surface area contributed by atoms with Gasteiger partial charge in [-0.2, -0.15) is 0 Å². The van der Waals surface area contributed by atoms with Gasteiger partial charge in [0.05, 0.1) is 4.47 Å². The van der Waals surface area contributed by atoms with E-state index in [9.17, 15) is 5.11 Å². The summed E-state index contributed by atoms with van der Waals surface area (Å²) in [7, 11) is 0. The third-order valence-electron chi connectivity index (χ3n) is 3.20. The number of nitrogens with one attached hydrogen (secondary N) is 1. The number of rotatable bonds is 1. The Morgan fingerprint density at radius 3 is 2.80 bits per heavy atom. The second kappa shape index (κ2) is 4.14. The molecule has 2 N–H and O–H groups in total. The van der Waals surface area contributed by atoms with E-state index in [-0.39, 0.29) is 0 Å². The Morgan fingerprint density at radius 2 is 2.20 bits per heavy atom. The Morgan fingerprint density at radius 1 is 1.47 bits per heavy atom. The van der Waals surface area contributed by atoms with Crippen LogP contribution in [0.3, 0.4) is 0 Å². The van der Waals surface area contributed by atoms with Crippen LogP contribution in [-0.4, -0.2) is 18.2 Å². The molecule has 0 amide bonds. The Labute approximate surface area is 98.8 Å². The first-order chi connectivity index (χ1) is 7.11. The first-order valence-electron chi connectivity index (χ1n) is 5.30. The first kappa shape index (κ1) is 11.0. The molecule has 1 saturated heterocycles. The van der Waals surface area contributed by atoms with Crippen LogP contribution in [0, 0.1) is 13.8 Å². The van der Waals surface area contributed by atoms with Crippen LogP contribution in [0.2, 0.25) is 0 Å². The number of hydrogen-bond acceptors (Lipinski definition) is 2. The van der Waals surface area contributed by atoms with Gasteiger partial charge in [0.1, 0.15) is 5.75 Å². The average Bonchev–Trinajstić information content (AvgIpc) is 2.68. The molecule has 2 nitrogen and oxygen atoms in total. The molecule has 1 aliphatic heterocycles. The fourth-order valence-corrected chi connectivity index (χ4v) is 2.81. The van der Waals surface area contributed by atoms with E-state index in [4.69, 9.17) is 0 Å². The van der Waals surface area contributed by atoms with Crippen molar-refractivity contribution < 1.29 is 5.11 Å². The van der Waals surface area contributed by atoms with E-state index < -0.39 is 0 Å². The molecule has 3 heteroatoms. The molecule has 0 spiro atoms. The van der Waals surface area contributed by atoms with Crippen molar-refractivity contribution in [3.8, 4) is 5.75 Å². The molecule has 0 aromatic heterocycles. The van der Waals surface area contributed by atoms with E-state index in [1.165, 1.54) is 23.1 Å². The lowest BCUT2D eigenvalue weighted by molar-refractivity contribution is 0.470. The minimum Gasteiger partial charge on any atom is -0.507 e. The van der Waals surface area contributed by atoms with Crippen molar-refractivity contribution in [3.05, 3.63) is 27.2 Å². The van der Waals surface area contributed by atoms with Gasteiger partial charge in [-0.3, -0.25) is 0 Å². The maximum atomic E-state index is 9.69. The molecule has 1 fully saturated rings. The van der Waals surface area contributed by atoms with Crippen molar-refractivity contribution in [2.45, 2.75) is 26.2 Å². The van der Waals surface area contributed by atoms with Gasteiger partial charge in [0.25, 0.3) is 0 Å². The minimum atomic E-state index is 0.347. The molecule has 82 valence electrons. The van der Waals surface area contributed by atoms with Crippen molar-refractivity contribution >= 4 is 15.9 Å². The first-order valence-corrected chi connectivity index (χ1v) is 6.10. The van der Waals surface area contributed by atoms with Crippen LogP contribution in [0.1, 0.15) is 29.0 Å². The van der Waals surface area contributed by atoms with Gasteiger partial charge in [-0.15, -0.1) is 0 Å². The summed E-state index contributed by atoms with van der Waals surface area (Å²) in [6.07, 6.45) is 1.19. The summed E-state index contributed by atoms with van der Waals surface area (Å²) in [5.41, 5.74) is 3.77. The molecule has 1 aromatic carbocycles. The van der Waals surface area contributed by atoms with Crippen LogP contribution in [0.5, 0.6) is 5.75 Å². The van der Waals surface area contributed by atoms with Crippen LogP contribution in [0.15, 0.2) is 10.5 Å². The third kappa shape index (κ3) is 1.91. The molecule has 0 bridgehead atoms. The maximum absolute atomic E-state index is 9.69. The number of phenols is 1. The van der Waals surface area contributed by atoms with Crippen LogP contribution in [0.25, 0.3) is 0 Å². The van der Waals surface area contributed by atoms with Crippen LogP contribution < -0.4 is 5.32 Å². The van der Waals surface area contributed by atoms with E-state index >= 15 is 0 Å². The van der Waals surface area contributed by atoms with Gasteiger partial charge >= 0.3 is 0 Å². The molecule has 0 aliphatic carbocycles. The highest BCUT2D eigenvalue weighted by Crippen LogP contribution is 2.37. The Kier molecular flexibility index (Phi) is 3.03. The maximum Gasteiger partial charge on any atom is 0.130 e. The number of halogens is 1. The van der Waals surface area contributed by atoms with E-state index in [1.54, 1.807) is 0 Å². The third-order valence-corrected chi connectivity index (χ3v) is 4.21. The lowest BCUT2D eigenvalue weighted by atomic mass is 9.90. The van der Waals surface area contributed by atoms with Gasteiger partial charge < -0.3 is 10.4 Å². The summed E-state index contributed by atoms with van der Waals surface area (Å²) in [6.45, 7) is 6.30. The SMILES string of the molecule is Cc1cc(O)c(Br)c(C)c1C1CCNC1. The second-order valence-corrected chi connectivity index (χ2v) is 5.05. The summed E-state index contributed by atoms with van der Waals surface area (Å²) in [4.78, 5) is 0. The molecule has 1 aromatic rings. The number of aryl methyl sites for hydroxylation is 1. The van der Waals surface area contributed by atoms with Crippen molar-refractivity contribution in [3.63, 3.8) is 0 Å². The summed E-state index contributed by atoms with van der Waals surface area (Å²) < 4.78 is 0.843. The molecule has 0 saturated carbocycles. The minimum absolute atomic E-state index is 0.347. The zero-order valence-corrected chi connectivity index (χ0v) is 10.7.